The van der Waals surface area contributed by atoms with E-state index in [0.29, 0.717) is 10.0 Å². The molecule has 0 nitrogen and oxygen atoms in total. The lowest BCUT2D eigenvalue weighted by molar-refractivity contribution is 0.627. The van der Waals surface area contributed by atoms with Crippen LogP contribution in [0.1, 0.15) is 5.56 Å². The number of benzene rings is 2. The Hall–Kier alpha value is -1.05. The maximum Gasteiger partial charge on any atom is 0.124 e. The molecule has 0 saturated heterocycles. The summed E-state index contributed by atoms with van der Waals surface area (Å²) in [6.45, 7) is 1.84. The summed E-state index contributed by atoms with van der Waals surface area (Å²) >= 11 is 12.0. The van der Waals surface area contributed by atoms with E-state index in [9.17, 15) is 4.39 Å². The van der Waals surface area contributed by atoms with Crippen LogP contribution >= 0.6 is 23.2 Å². The van der Waals surface area contributed by atoms with Gasteiger partial charge in [-0.2, -0.15) is 0 Å². The Labute approximate surface area is 104 Å². The fourth-order valence-electron chi connectivity index (χ4n) is 1.62. The van der Waals surface area contributed by atoms with Crippen molar-refractivity contribution in [1.29, 1.82) is 0 Å². The molecule has 0 aliphatic carbocycles. The van der Waals surface area contributed by atoms with Gasteiger partial charge in [-0.25, -0.2) is 4.39 Å². The summed E-state index contributed by atoms with van der Waals surface area (Å²) < 4.78 is 13.3. The van der Waals surface area contributed by atoms with E-state index < -0.39 is 0 Å². The molecule has 0 aromatic heterocycles. The molecule has 0 aliphatic heterocycles. The highest BCUT2D eigenvalue weighted by atomic mass is 35.5. The van der Waals surface area contributed by atoms with Gasteiger partial charge in [-0.3, -0.25) is 0 Å². The first-order valence-corrected chi connectivity index (χ1v) is 5.55. The van der Waals surface area contributed by atoms with Crippen molar-refractivity contribution < 1.29 is 4.39 Å². The maximum atomic E-state index is 13.3. The van der Waals surface area contributed by atoms with Crippen molar-refractivity contribution in [3.63, 3.8) is 0 Å². The van der Waals surface area contributed by atoms with Gasteiger partial charge in [-0.1, -0.05) is 41.4 Å². The Morgan fingerprint density at radius 2 is 1.81 bits per heavy atom. The number of hydrogen-bond acceptors (Lipinski definition) is 0. The lowest BCUT2D eigenvalue weighted by Gasteiger charge is -2.07. The van der Waals surface area contributed by atoms with Gasteiger partial charge in [0, 0.05) is 5.56 Å². The molecule has 0 atom stereocenters. The minimum Gasteiger partial charge on any atom is -0.207 e. The zero-order valence-corrected chi connectivity index (χ0v) is 10.1. The molecule has 0 amide bonds. The third-order valence-corrected chi connectivity index (χ3v) is 3.12. The van der Waals surface area contributed by atoms with Crippen LogP contribution < -0.4 is 0 Å². The first-order valence-electron chi connectivity index (χ1n) is 4.79. The smallest absolute Gasteiger partial charge is 0.124 e. The summed E-state index contributed by atoms with van der Waals surface area (Å²) in [6, 6.07) is 10.1. The molecule has 2 aromatic rings. The molecule has 2 aromatic carbocycles. The highest BCUT2D eigenvalue weighted by Gasteiger charge is 2.08. The number of rotatable bonds is 1. The van der Waals surface area contributed by atoms with E-state index in [1.807, 2.05) is 19.1 Å². The molecule has 3 heteroatoms. The molecular formula is C13H9Cl2F. The van der Waals surface area contributed by atoms with E-state index in [-0.39, 0.29) is 5.82 Å². The minimum atomic E-state index is -0.272. The Bertz CT molecular complexity index is 515. The Morgan fingerprint density at radius 1 is 1.06 bits per heavy atom. The van der Waals surface area contributed by atoms with Crippen LogP contribution in [-0.2, 0) is 0 Å². The summed E-state index contributed by atoms with van der Waals surface area (Å²) in [4.78, 5) is 0. The van der Waals surface area contributed by atoms with Crippen LogP contribution in [0.3, 0.4) is 0 Å². The molecule has 0 saturated carbocycles. The second-order valence-corrected chi connectivity index (χ2v) is 4.40. The van der Waals surface area contributed by atoms with E-state index in [2.05, 4.69) is 0 Å². The molecule has 0 unspecified atom stereocenters. The van der Waals surface area contributed by atoms with Gasteiger partial charge in [0.2, 0.25) is 0 Å². The average Bonchev–Trinajstić information content (AvgIpc) is 2.20. The van der Waals surface area contributed by atoms with Gasteiger partial charge in [0.25, 0.3) is 0 Å². The normalized spacial score (nSPS) is 10.5. The molecule has 0 bridgehead atoms. The minimum absolute atomic E-state index is 0.272. The predicted octanol–water partition coefficient (Wildman–Crippen LogP) is 5.11. The van der Waals surface area contributed by atoms with Gasteiger partial charge < -0.3 is 0 Å². The third kappa shape index (κ3) is 2.21. The standard InChI is InChI=1S/C13H9Cl2F/c1-8-5-9(7-10(16)6-8)11-3-2-4-12(14)13(11)15/h2-7H,1H3. The summed E-state index contributed by atoms with van der Waals surface area (Å²) in [7, 11) is 0. The fraction of sp³-hybridized carbons (Fsp3) is 0.0769. The molecule has 2 rings (SSSR count). The number of aryl methyl sites for hydroxylation is 1. The maximum absolute atomic E-state index is 13.3. The topological polar surface area (TPSA) is 0 Å². The van der Waals surface area contributed by atoms with Gasteiger partial charge in [0.1, 0.15) is 5.82 Å². The predicted molar refractivity (Wildman–Crippen MR) is 66.6 cm³/mol. The van der Waals surface area contributed by atoms with Gasteiger partial charge >= 0.3 is 0 Å². The van der Waals surface area contributed by atoms with Gasteiger partial charge in [0.15, 0.2) is 0 Å². The first kappa shape index (κ1) is 11.4. The van der Waals surface area contributed by atoms with Crippen molar-refractivity contribution in [3.05, 3.63) is 57.8 Å². The largest absolute Gasteiger partial charge is 0.207 e. The summed E-state index contributed by atoms with van der Waals surface area (Å²) in [5.74, 6) is -0.272. The second-order valence-electron chi connectivity index (χ2n) is 3.62. The molecule has 82 valence electrons. The Morgan fingerprint density at radius 3 is 2.50 bits per heavy atom. The van der Waals surface area contributed by atoms with Gasteiger partial charge in [0.05, 0.1) is 10.0 Å². The van der Waals surface area contributed by atoms with Crippen LogP contribution in [0.4, 0.5) is 4.39 Å². The third-order valence-electron chi connectivity index (χ3n) is 2.30. The van der Waals surface area contributed by atoms with Crippen LogP contribution in [0.15, 0.2) is 36.4 Å². The summed E-state index contributed by atoms with van der Waals surface area (Å²) in [5, 5.41) is 0.926. The van der Waals surface area contributed by atoms with Crippen LogP contribution in [0.5, 0.6) is 0 Å². The van der Waals surface area contributed by atoms with Crippen molar-refractivity contribution >= 4 is 23.2 Å². The van der Waals surface area contributed by atoms with Crippen molar-refractivity contribution in [2.45, 2.75) is 6.92 Å². The van der Waals surface area contributed by atoms with E-state index >= 15 is 0 Å². The summed E-state index contributed by atoms with van der Waals surface area (Å²) in [5.41, 5.74) is 2.34. The van der Waals surface area contributed by atoms with E-state index in [4.69, 9.17) is 23.2 Å². The van der Waals surface area contributed by atoms with Crippen LogP contribution in [0.25, 0.3) is 11.1 Å². The van der Waals surface area contributed by atoms with Crippen LogP contribution in [-0.4, -0.2) is 0 Å². The van der Waals surface area contributed by atoms with Crippen LogP contribution in [0.2, 0.25) is 10.0 Å². The summed E-state index contributed by atoms with van der Waals surface area (Å²) in [6.07, 6.45) is 0. The molecule has 0 fully saturated rings. The van der Waals surface area contributed by atoms with E-state index in [1.54, 1.807) is 12.1 Å². The van der Waals surface area contributed by atoms with Crippen molar-refractivity contribution in [2.75, 3.05) is 0 Å². The Balaban J connectivity index is 2.63. The number of halogens is 3. The second kappa shape index (κ2) is 4.44. The zero-order chi connectivity index (χ0) is 11.7. The molecule has 0 spiro atoms. The average molecular weight is 255 g/mol. The molecular weight excluding hydrogens is 246 g/mol. The first-order chi connectivity index (χ1) is 7.58. The molecule has 0 heterocycles. The van der Waals surface area contributed by atoms with Gasteiger partial charge in [-0.15, -0.1) is 0 Å². The quantitative estimate of drug-likeness (QED) is 0.664. The highest BCUT2D eigenvalue weighted by molar-refractivity contribution is 6.43. The SMILES string of the molecule is Cc1cc(F)cc(-c2cccc(Cl)c2Cl)c1. The van der Waals surface area contributed by atoms with Gasteiger partial charge in [-0.05, 0) is 36.2 Å². The monoisotopic (exact) mass is 254 g/mol. The molecule has 0 N–H and O–H groups in total. The van der Waals surface area contributed by atoms with E-state index in [0.717, 1.165) is 16.7 Å². The molecule has 16 heavy (non-hydrogen) atoms. The lowest BCUT2D eigenvalue weighted by atomic mass is 10.0. The van der Waals surface area contributed by atoms with E-state index in [1.165, 1.54) is 12.1 Å². The van der Waals surface area contributed by atoms with Crippen molar-refractivity contribution in [3.8, 4) is 11.1 Å². The fourth-order valence-corrected chi connectivity index (χ4v) is 2.03. The van der Waals surface area contributed by atoms with Crippen molar-refractivity contribution in [1.82, 2.24) is 0 Å². The Kier molecular flexibility index (Phi) is 3.17. The molecule has 0 aliphatic rings. The number of hydrogen-bond donors (Lipinski definition) is 0. The lowest BCUT2D eigenvalue weighted by Crippen LogP contribution is -1.85. The molecule has 0 radical (unpaired) electrons. The zero-order valence-electron chi connectivity index (χ0n) is 8.60. The highest BCUT2D eigenvalue weighted by Crippen LogP contribution is 2.33. The van der Waals surface area contributed by atoms with Crippen molar-refractivity contribution in [2.24, 2.45) is 0 Å². The van der Waals surface area contributed by atoms with Crippen LogP contribution in [0, 0.1) is 12.7 Å².